The van der Waals surface area contributed by atoms with E-state index in [-0.39, 0.29) is 17.0 Å². The molecule has 9 heteroatoms. The molecule has 0 saturated heterocycles. The standard InChI is InChI=1S/C14H11ClF3N3O2/c1-8-7-20(13(22)11-4-5-19-21(8)11)9-2-3-12(10(15)6-9)23-14(16,17)18/h2-6,8H,7H2,1H3/t8-/m0/s1. The number of rotatable bonds is 2. The molecule has 1 aromatic carbocycles. The largest absolute Gasteiger partial charge is 0.573 e. The Labute approximate surface area is 134 Å². The topological polar surface area (TPSA) is 47.4 Å². The van der Waals surface area contributed by atoms with Crippen LogP contribution in [-0.4, -0.2) is 28.6 Å². The van der Waals surface area contributed by atoms with Gasteiger partial charge in [0.15, 0.2) is 0 Å². The zero-order valence-electron chi connectivity index (χ0n) is 11.8. The molecule has 0 aliphatic carbocycles. The maximum Gasteiger partial charge on any atom is 0.573 e. The Balaban J connectivity index is 1.91. The predicted octanol–water partition coefficient (Wildman–Crippen LogP) is 3.66. The zero-order valence-corrected chi connectivity index (χ0v) is 12.6. The van der Waals surface area contributed by atoms with Gasteiger partial charge in [-0.3, -0.25) is 9.48 Å². The number of aromatic nitrogens is 2. The van der Waals surface area contributed by atoms with Crippen LogP contribution in [0.25, 0.3) is 0 Å². The normalized spacial score (nSPS) is 18.0. The molecule has 2 heterocycles. The molecule has 1 aliphatic heterocycles. The van der Waals surface area contributed by atoms with Crippen molar-refractivity contribution in [1.82, 2.24) is 9.78 Å². The van der Waals surface area contributed by atoms with Gasteiger partial charge in [-0.05, 0) is 31.2 Å². The number of carbonyl (C=O) groups is 1. The van der Waals surface area contributed by atoms with Gasteiger partial charge in [-0.25, -0.2) is 0 Å². The summed E-state index contributed by atoms with van der Waals surface area (Å²) in [4.78, 5) is 13.9. The minimum Gasteiger partial charge on any atom is -0.404 e. The maximum absolute atomic E-state index is 12.5. The summed E-state index contributed by atoms with van der Waals surface area (Å²) < 4.78 is 42.2. The Bertz CT molecular complexity index is 760. The van der Waals surface area contributed by atoms with E-state index in [0.29, 0.717) is 17.9 Å². The number of halogens is 4. The number of fused-ring (bicyclic) bond motifs is 1. The molecule has 0 spiro atoms. The van der Waals surface area contributed by atoms with Gasteiger partial charge in [-0.1, -0.05) is 11.6 Å². The highest BCUT2D eigenvalue weighted by Gasteiger charge is 2.33. The van der Waals surface area contributed by atoms with E-state index in [1.807, 2.05) is 6.92 Å². The average Bonchev–Trinajstić information content (AvgIpc) is 2.94. The van der Waals surface area contributed by atoms with E-state index in [4.69, 9.17) is 11.6 Å². The van der Waals surface area contributed by atoms with Gasteiger partial charge in [0.05, 0.1) is 11.1 Å². The lowest BCUT2D eigenvalue weighted by Gasteiger charge is -2.32. The number of hydrogen-bond donors (Lipinski definition) is 0. The van der Waals surface area contributed by atoms with Crippen LogP contribution in [-0.2, 0) is 0 Å². The lowest BCUT2D eigenvalue weighted by atomic mass is 10.1. The molecule has 0 unspecified atom stereocenters. The van der Waals surface area contributed by atoms with Crippen LogP contribution in [0.4, 0.5) is 18.9 Å². The summed E-state index contributed by atoms with van der Waals surface area (Å²) in [6.45, 7) is 2.22. The van der Waals surface area contributed by atoms with Gasteiger partial charge >= 0.3 is 6.36 Å². The van der Waals surface area contributed by atoms with E-state index in [1.54, 1.807) is 10.7 Å². The zero-order chi connectivity index (χ0) is 16.8. The fourth-order valence-electron chi connectivity index (χ4n) is 2.49. The Morgan fingerprint density at radius 2 is 2.09 bits per heavy atom. The molecular formula is C14H11ClF3N3O2. The first-order valence-corrected chi connectivity index (χ1v) is 7.05. The average molecular weight is 346 g/mol. The summed E-state index contributed by atoms with van der Waals surface area (Å²) in [5.41, 5.74) is 0.810. The molecule has 0 N–H and O–H groups in total. The molecule has 0 fully saturated rings. The van der Waals surface area contributed by atoms with Crippen molar-refractivity contribution < 1.29 is 22.7 Å². The van der Waals surface area contributed by atoms with Crippen LogP contribution in [0.5, 0.6) is 5.75 Å². The van der Waals surface area contributed by atoms with Gasteiger partial charge in [0, 0.05) is 18.4 Å². The third kappa shape index (κ3) is 2.98. The minimum absolute atomic E-state index is 0.0671. The Hall–Kier alpha value is -2.22. The van der Waals surface area contributed by atoms with Crippen LogP contribution < -0.4 is 9.64 Å². The summed E-state index contributed by atoms with van der Waals surface area (Å²) in [6.07, 6.45) is -3.30. The lowest BCUT2D eigenvalue weighted by Crippen LogP contribution is -2.42. The van der Waals surface area contributed by atoms with Crippen LogP contribution in [0, 0.1) is 0 Å². The molecule has 3 rings (SSSR count). The molecule has 5 nitrogen and oxygen atoms in total. The van der Waals surface area contributed by atoms with E-state index in [0.717, 1.165) is 6.07 Å². The highest BCUT2D eigenvalue weighted by atomic mass is 35.5. The smallest absolute Gasteiger partial charge is 0.404 e. The highest BCUT2D eigenvalue weighted by Crippen LogP contribution is 2.35. The summed E-state index contributed by atoms with van der Waals surface area (Å²) in [6, 6.07) is 5.26. The molecule has 1 aromatic heterocycles. The molecule has 0 saturated carbocycles. The van der Waals surface area contributed by atoms with E-state index < -0.39 is 12.1 Å². The van der Waals surface area contributed by atoms with Crippen molar-refractivity contribution in [2.45, 2.75) is 19.3 Å². The van der Waals surface area contributed by atoms with Crippen molar-refractivity contribution in [3.05, 3.63) is 41.2 Å². The summed E-state index contributed by atoms with van der Waals surface area (Å²) in [7, 11) is 0. The van der Waals surface area contributed by atoms with Crippen LogP contribution in [0.15, 0.2) is 30.5 Å². The number of alkyl halides is 3. The lowest BCUT2D eigenvalue weighted by molar-refractivity contribution is -0.274. The molecule has 2 aromatic rings. The van der Waals surface area contributed by atoms with Crippen molar-refractivity contribution in [2.75, 3.05) is 11.4 Å². The minimum atomic E-state index is -4.83. The first-order valence-electron chi connectivity index (χ1n) is 6.67. The fourth-order valence-corrected chi connectivity index (χ4v) is 2.70. The number of carbonyl (C=O) groups excluding carboxylic acids is 1. The number of hydrogen-bond acceptors (Lipinski definition) is 3. The Kier molecular flexibility index (Phi) is 3.71. The van der Waals surface area contributed by atoms with Crippen molar-refractivity contribution >= 4 is 23.2 Å². The third-order valence-electron chi connectivity index (χ3n) is 3.45. The van der Waals surface area contributed by atoms with E-state index in [2.05, 4.69) is 9.84 Å². The number of anilines is 1. The Morgan fingerprint density at radius 1 is 1.35 bits per heavy atom. The second-order valence-corrected chi connectivity index (χ2v) is 5.50. The SMILES string of the molecule is C[C@H]1CN(c2ccc(OC(F)(F)F)c(Cl)c2)C(=O)c2ccnn21. The van der Waals surface area contributed by atoms with Crippen LogP contribution >= 0.6 is 11.6 Å². The summed E-state index contributed by atoms with van der Waals surface area (Å²) >= 11 is 5.84. The molecule has 1 aliphatic rings. The number of amides is 1. The molecule has 0 bridgehead atoms. The molecule has 122 valence electrons. The van der Waals surface area contributed by atoms with Crippen molar-refractivity contribution in [1.29, 1.82) is 0 Å². The molecule has 1 amide bonds. The number of ether oxygens (including phenoxy) is 1. The molecular weight excluding hydrogens is 335 g/mol. The summed E-state index contributed by atoms with van der Waals surface area (Å²) in [5, 5.41) is 3.86. The Morgan fingerprint density at radius 3 is 2.74 bits per heavy atom. The predicted molar refractivity (Wildman–Crippen MR) is 76.7 cm³/mol. The third-order valence-corrected chi connectivity index (χ3v) is 3.75. The second-order valence-electron chi connectivity index (χ2n) is 5.09. The van der Waals surface area contributed by atoms with Crippen molar-refractivity contribution in [2.24, 2.45) is 0 Å². The second kappa shape index (κ2) is 5.45. The van der Waals surface area contributed by atoms with Gasteiger partial charge < -0.3 is 9.64 Å². The van der Waals surface area contributed by atoms with Gasteiger partial charge in [-0.2, -0.15) is 5.10 Å². The van der Waals surface area contributed by atoms with Gasteiger partial charge in [-0.15, -0.1) is 13.2 Å². The monoisotopic (exact) mass is 345 g/mol. The van der Waals surface area contributed by atoms with E-state index in [9.17, 15) is 18.0 Å². The summed E-state index contributed by atoms with van der Waals surface area (Å²) in [5.74, 6) is -0.799. The first-order chi connectivity index (χ1) is 10.8. The van der Waals surface area contributed by atoms with Gasteiger partial charge in [0.1, 0.15) is 11.4 Å². The molecule has 0 radical (unpaired) electrons. The number of nitrogens with zero attached hydrogens (tertiary/aromatic N) is 3. The highest BCUT2D eigenvalue weighted by molar-refractivity contribution is 6.32. The first kappa shape index (κ1) is 15.7. The van der Waals surface area contributed by atoms with Crippen LogP contribution in [0.3, 0.4) is 0 Å². The molecule has 23 heavy (non-hydrogen) atoms. The van der Waals surface area contributed by atoms with Gasteiger partial charge in [0.2, 0.25) is 0 Å². The van der Waals surface area contributed by atoms with E-state index in [1.165, 1.54) is 23.2 Å². The van der Waals surface area contributed by atoms with E-state index >= 15 is 0 Å². The fraction of sp³-hybridized carbons (Fsp3) is 0.286. The van der Waals surface area contributed by atoms with Crippen LogP contribution in [0.2, 0.25) is 5.02 Å². The number of benzene rings is 1. The van der Waals surface area contributed by atoms with Crippen molar-refractivity contribution in [3.8, 4) is 5.75 Å². The maximum atomic E-state index is 12.5. The van der Waals surface area contributed by atoms with Crippen molar-refractivity contribution in [3.63, 3.8) is 0 Å². The van der Waals surface area contributed by atoms with Gasteiger partial charge in [0.25, 0.3) is 5.91 Å². The quantitative estimate of drug-likeness (QED) is 0.834. The van der Waals surface area contributed by atoms with Crippen LogP contribution in [0.1, 0.15) is 23.5 Å². The molecule has 1 atom stereocenters.